The quantitative estimate of drug-likeness (QED) is 0.784. The Morgan fingerprint density at radius 2 is 2.12 bits per heavy atom. The Morgan fingerprint density at radius 3 is 2.88 bits per heavy atom. The molecule has 4 rings (SSSR count). The lowest BCUT2D eigenvalue weighted by Crippen LogP contribution is -2.42. The summed E-state index contributed by atoms with van der Waals surface area (Å²) in [6.07, 6.45) is 1.16. The van der Waals surface area contributed by atoms with Crippen LogP contribution in [0.4, 0.5) is 4.39 Å². The summed E-state index contributed by atoms with van der Waals surface area (Å²) in [4.78, 5) is 21.2. The van der Waals surface area contributed by atoms with Crippen molar-refractivity contribution in [1.82, 2.24) is 14.9 Å². The molecule has 0 radical (unpaired) electrons. The normalized spacial score (nSPS) is 17.5. The minimum absolute atomic E-state index is 0.0278. The van der Waals surface area contributed by atoms with Crippen LogP contribution in [0.5, 0.6) is 5.75 Å². The van der Waals surface area contributed by atoms with Gasteiger partial charge in [-0.1, -0.05) is 12.1 Å². The molecule has 1 aliphatic rings. The number of ether oxygens (including phenoxy) is 2. The van der Waals surface area contributed by atoms with E-state index in [1.165, 1.54) is 12.4 Å². The van der Waals surface area contributed by atoms with Crippen molar-refractivity contribution in [2.24, 2.45) is 0 Å². The van der Waals surface area contributed by atoms with Crippen molar-refractivity contribution in [3.8, 4) is 5.75 Å². The van der Waals surface area contributed by atoms with Crippen molar-refractivity contribution in [2.45, 2.75) is 6.10 Å². The number of nitrogens with one attached hydrogen (secondary N) is 1. The van der Waals surface area contributed by atoms with Crippen LogP contribution in [0.3, 0.4) is 0 Å². The predicted molar refractivity (Wildman–Crippen MR) is 93.6 cm³/mol. The Bertz CT molecular complexity index is 939. The second kappa shape index (κ2) is 6.76. The smallest absolute Gasteiger partial charge is 0.257 e. The Kier molecular flexibility index (Phi) is 4.30. The molecular weight excluding hydrogens is 337 g/mol. The number of halogens is 1. The lowest BCUT2D eigenvalue weighted by molar-refractivity contribution is -0.0229. The summed E-state index contributed by atoms with van der Waals surface area (Å²) in [7, 11) is 1.61. The van der Waals surface area contributed by atoms with E-state index in [1.807, 2.05) is 24.3 Å². The van der Waals surface area contributed by atoms with Gasteiger partial charge >= 0.3 is 0 Å². The minimum Gasteiger partial charge on any atom is -0.497 e. The second-order valence-corrected chi connectivity index (χ2v) is 6.11. The zero-order chi connectivity index (χ0) is 18.1. The molecule has 134 valence electrons. The summed E-state index contributed by atoms with van der Waals surface area (Å²) in [5.74, 6) is -0.192. The first kappa shape index (κ1) is 16.5. The van der Waals surface area contributed by atoms with Crippen LogP contribution in [0.2, 0.25) is 0 Å². The molecule has 26 heavy (non-hydrogen) atoms. The highest BCUT2D eigenvalue weighted by Crippen LogP contribution is 2.26. The monoisotopic (exact) mass is 355 g/mol. The maximum absolute atomic E-state index is 14.6. The van der Waals surface area contributed by atoms with Crippen LogP contribution in [0, 0.1) is 5.82 Å². The van der Waals surface area contributed by atoms with Crippen LogP contribution in [-0.2, 0) is 4.74 Å². The Balaban J connectivity index is 1.56. The third-order valence-electron chi connectivity index (χ3n) is 4.60. The standard InChI is InChI=1S/C19H18FN3O3/c1-25-13-4-2-12(3-5-13)16-10-23(8-9-26-16)19(24)14-6-7-15-18(17(14)20)22-11-21-15/h2-7,11,16H,8-10H2,1H3,(H,21,22). The van der Waals surface area contributed by atoms with Gasteiger partial charge in [0.15, 0.2) is 5.82 Å². The molecule has 0 saturated carbocycles. The molecule has 7 heteroatoms. The Morgan fingerprint density at radius 1 is 1.31 bits per heavy atom. The summed E-state index contributed by atoms with van der Waals surface area (Å²) >= 11 is 0. The van der Waals surface area contributed by atoms with Crippen molar-refractivity contribution in [2.75, 3.05) is 26.8 Å². The maximum atomic E-state index is 14.6. The number of H-pyrrole nitrogens is 1. The first-order valence-corrected chi connectivity index (χ1v) is 8.34. The molecule has 1 saturated heterocycles. The van der Waals surface area contributed by atoms with Gasteiger partial charge in [-0.05, 0) is 29.8 Å². The number of methoxy groups -OCH3 is 1. The largest absolute Gasteiger partial charge is 0.497 e. The van der Waals surface area contributed by atoms with Gasteiger partial charge < -0.3 is 19.4 Å². The van der Waals surface area contributed by atoms with Gasteiger partial charge in [0.1, 0.15) is 17.4 Å². The number of hydrogen-bond donors (Lipinski definition) is 1. The molecule has 1 aliphatic heterocycles. The first-order valence-electron chi connectivity index (χ1n) is 8.34. The van der Waals surface area contributed by atoms with E-state index in [-0.39, 0.29) is 23.1 Å². The molecule has 1 N–H and O–H groups in total. The fourth-order valence-corrected chi connectivity index (χ4v) is 3.16. The van der Waals surface area contributed by atoms with Crippen LogP contribution in [0.25, 0.3) is 11.0 Å². The number of nitrogens with zero attached hydrogens (tertiary/aromatic N) is 2. The van der Waals surface area contributed by atoms with Gasteiger partial charge in [0.05, 0.1) is 37.7 Å². The van der Waals surface area contributed by atoms with Crippen LogP contribution in [0.15, 0.2) is 42.7 Å². The number of aromatic amines is 1. The van der Waals surface area contributed by atoms with Gasteiger partial charge in [-0.25, -0.2) is 9.37 Å². The number of rotatable bonds is 3. The molecule has 0 bridgehead atoms. The van der Waals surface area contributed by atoms with Gasteiger partial charge in [-0.2, -0.15) is 0 Å². The van der Waals surface area contributed by atoms with E-state index in [9.17, 15) is 9.18 Å². The minimum atomic E-state index is -0.596. The summed E-state index contributed by atoms with van der Waals surface area (Å²) in [6.45, 7) is 1.18. The molecule has 3 aromatic rings. The molecule has 1 atom stereocenters. The van der Waals surface area contributed by atoms with Crippen molar-refractivity contribution in [3.05, 3.63) is 59.7 Å². The van der Waals surface area contributed by atoms with Gasteiger partial charge in [-0.15, -0.1) is 0 Å². The zero-order valence-corrected chi connectivity index (χ0v) is 14.2. The summed E-state index contributed by atoms with van der Waals surface area (Å²) < 4.78 is 25.6. The van der Waals surface area contributed by atoms with Crippen molar-refractivity contribution in [1.29, 1.82) is 0 Å². The van der Waals surface area contributed by atoms with Crippen LogP contribution < -0.4 is 4.74 Å². The van der Waals surface area contributed by atoms with Gasteiger partial charge in [-0.3, -0.25) is 4.79 Å². The first-order chi connectivity index (χ1) is 12.7. The molecule has 1 aromatic heterocycles. The molecule has 2 heterocycles. The Hall–Kier alpha value is -2.93. The van der Waals surface area contributed by atoms with Crippen LogP contribution >= 0.6 is 0 Å². The average Bonchev–Trinajstić information content (AvgIpc) is 3.18. The highest BCUT2D eigenvalue weighted by Gasteiger charge is 2.28. The number of imidazole rings is 1. The predicted octanol–water partition coefficient (Wildman–Crippen LogP) is 2.92. The highest BCUT2D eigenvalue weighted by atomic mass is 19.1. The number of morpholine rings is 1. The lowest BCUT2D eigenvalue weighted by Gasteiger charge is -2.33. The number of hydrogen-bond acceptors (Lipinski definition) is 4. The molecule has 1 fully saturated rings. The van der Waals surface area contributed by atoms with Gasteiger partial charge in [0, 0.05) is 6.54 Å². The third-order valence-corrected chi connectivity index (χ3v) is 4.60. The number of benzene rings is 2. The number of fused-ring (bicyclic) bond motifs is 1. The number of carbonyl (C=O) groups is 1. The Labute approximate surface area is 149 Å². The van der Waals surface area contributed by atoms with Crippen molar-refractivity contribution < 1.29 is 18.7 Å². The highest BCUT2D eigenvalue weighted by molar-refractivity contribution is 5.97. The number of carbonyl (C=O) groups excluding carboxylic acids is 1. The fraction of sp³-hybridized carbons (Fsp3) is 0.263. The topological polar surface area (TPSA) is 67.5 Å². The summed E-state index contributed by atoms with van der Waals surface area (Å²) in [5, 5.41) is 0. The zero-order valence-electron chi connectivity index (χ0n) is 14.2. The molecule has 1 amide bonds. The molecule has 6 nitrogen and oxygen atoms in total. The van der Waals surface area contributed by atoms with Crippen LogP contribution in [0.1, 0.15) is 22.0 Å². The van der Waals surface area contributed by atoms with Crippen molar-refractivity contribution in [3.63, 3.8) is 0 Å². The van der Waals surface area contributed by atoms with Gasteiger partial charge in [0.2, 0.25) is 0 Å². The van der Waals surface area contributed by atoms with E-state index in [0.29, 0.717) is 25.2 Å². The van der Waals surface area contributed by atoms with Crippen molar-refractivity contribution >= 4 is 16.9 Å². The maximum Gasteiger partial charge on any atom is 0.257 e. The lowest BCUT2D eigenvalue weighted by atomic mass is 10.1. The van der Waals surface area contributed by atoms with Crippen LogP contribution in [-0.4, -0.2) is 47.6 Å². The summed E-state index contributed by atoms with van der Waals surface area (Å²) in [6, 6.07) is 10.7. The van der Waals surface area contributed by atoms with E-state index in [2.05, 4.69) is 9.97 Å². The molecule has 1 unspecified atom stereocenters. The second-order valence-electron chi connectivity index (χ2n) is 6.11. The SMILES string of the molecule is COc1ccc(C2CN(C(=O)c3ccc4[nH]cnc4c3F)CCO2)cc1. The molecule has 0 spiro atoms. The van der Waals surface area contributed by atoms with E-state index in [1.54, 1.807) is 18.1 Å². The van der Waals surface area contributed by atoms with E-state index < -0.39 is 5.82 Å². The molecule has 2 aromatic carbocycles. The summed E-state index contributed by atoms with van der Waals surface area (Å²) in [5.41, 5.74) is 1.72. The third kappa shape index (κ3) is 2.90. The number of amides is 1. The molecule has 0 aliphatic carbocycles. The molecular formula is C19H18FN3O3. The fourth-order valence-electron chi connectivity index (χ4n) is 3.16. The number of aromatic nitrogens is 2. The van der Waals surface area contributed by atoms with E-state index in [4.69, 9.17) is 9.47 Å². The van der Waals surface area contributed by atoms with E-state index >= 15 is 0 Å². The van der Waals surface area contributed by atoms with Gasteiger partial charge in [0.25, 0.3) is 5.91 Å². The average molecular weight is 355 g/mol. The van der Waals surface area contributed by atoms with E-state index in [0.717, 1.165) is 11.3 Å².